The van der Waals surface area contributed by atoms with Gasteiger partial charge < -0.3 is 26.0 Å². The van der Waals surface area contributed by atoms with Crippen LogP contribution in [0.3, 0.4) is 0 Å². The molecule has 1 aliphatic rings. The minimum atomic E-state index is -4.47. The third kappa shape index (κ3) is 7.06. The Hall–Kier alpha value is -4.63. The molecule has 1 fully saturated rings. The first-order valence-electron chi connectivity index (χ1n) is 12.4. The van der Waals surface area contributed by atoms with Gasteiger partial charge in [0.15, 0.2) is 0 Å². The Morgan fingerprint density at radius 1 is 1.15 bits per heavy atom. The Balaban J connectivity index is 1.40. The van der Waals surface area contributed by atoms with Gasteiger partial charge in [0, 0.05) is 18.6 Å². The minimum Gasteiger partial charge on any atom is -0.457 e. The van der Waals surface area contributed by atoms with Crippen LogP contribution < -0.4 is 21.1 Å². The van der Waals surface area contributed by atoms with Crippen molar-refractivity contribution in [2.75, 3.05) is 31.7 Å². The van der Waals surface area contributed by atoms with Crippen LogP contribution in [-0.4, -0.2) is 53.5 Å². The van der Waals surface area contributed by atoms with Crippen LogP contribution in [-0.2, 0) is 11.0 Å². The van der Waals surface area contributed by atoms with Crippen molar-refractivity contribution in [1.29, 1.82) is 5.26 Å². The second-order valence-electron chi connectivity index (χ2n) is 9.61. The number of nitrogens with two attached hydrogens (primary N) is 1. The Kier molecular flexibility index (Phi) is 8.55. The highest BCUT2D eigenvalue weighted by molar-refractivity contribution is 5.97. The molecule has 0 unspecified atom stereocenters. The fraction of sp³-hybridized carbons (Fsp3) is 0.286. The lowest BCUT2D eigenvalue weighted by Crippen LogP contribution is -2.50. The number of nitriles is 1. The third-order valence-electron chi connectivity index (χ3n) is 6.26. The van der Waals surface area contributed by atoms with Gasteiger partial charge in [-0.3, -0.25) is 4.79 Å². The molecule has 0 aliphatic heterocycles. The Morgan fingerprint density at radius 3 is 2.52 bits per heavy atom. The number of nitrogens with zero attached hydrogens (tertiary/aromatic N) is 4. The van der Waals surface area contributed by atoms with Crippen molar-refractivity contribution in [3.63, 3.8) is 0 Å². The van der Waals surface area contributed by atoms with Crippen LogP contribution in [0.25, 0.3) is 11.1 Å². The number of aromatic nitrogens is 2. The van der Waals surface area contributed by atoms with Crippen molar-refractivity contribution in [1.82, 2.24) is 20.2 Å². The van der Waals surface area contributed by atoms with Crippen LogP contribution in [0.5, 0.6) is 11.5 Å². The molecule has 4 rings (SSSR count). The molecule has 4 N–H and O–H groups in total. The van der Waals surface area contributed by atoms with E-state index in [4.69, 9.17) is 10.5 Å². The van der Waals surface area contributed by atoms with E-state index in [2.05, 4.69) is 20.6 Å². The van der Waals surface area contributed by atoms with Gasteiger partial charge in [-0.15, -0.1) is 0 Å². The van der Waals surface area contributed by atoms with E-state index in [0.717, 1.165) is 12.1 Å². The highest BCUT2D eigenvalue weighted by atomic mass is 19.4. The van der Waals surface area contributed by atoms with Crippen molar-refractivity contribution >= 4 is 17.5 Å². The number of benzene rings is 2. The molecule has 1 aromatic heterocycles. The number of carbonyl (C=O) groups excluding carboxylic acids is 1. The van der Waals surface area contributed by atoms with Crippen molar-refractivity contribution in [3.05, 3.63) is 72.1 Å². The first-order chi connectivity index (χ1) is 19.0. The predicted octanol–water partition coefficient (Wildman–Crippen LogP) is 4.61. The summed E-state index contributed by atoms with van der Waals surface area (Å²) in [6, 6.07) is 13.2. The van der Waals surface area contributed by atoms with Crippen LogP contribution in [0, 0.1) is 11.3 Å². The molecule has 1 saturated carbocycles. The summed E-state index contributed by atoms with van der Waals surface area (Å²) in [5.74, 6) is 0.777. The first kappa shape index (κ1) is 28.4. The summed E-state index contributed by atoms with van der Waals surface area (Å²) < 4.78 is 44.6. The van der Waals surface area contributed by atoms with Crippen LogP contribution in [0.15, 0.2) is 66.5 Å². The number of nitrogen functional groups attached to an aromatic ring is 1. The number of hydrogen-bond donors (Lipinski definition) is 3. The SMILES string of the molecule is CN(C)C/C=C(\C#N)C(=O)N[C@H]1C[C@@H](Nc2ncnc(N)c2-c2ccc(Oc3cccc(C(F)(F)F)c3)cc2)C1. The Labute approximate surface area is 229 Å². The standard InChI is InChI=1S/C28H28F3N7O2/c1-38(2)11-10-18(15-32)27(39)37-21-13-20(14-21)36-26-24(25(33)34-16-35-26)17-6-8-22(9-7-17)40-23-5-3-4-19(12-23)28(29,30)31/h3-10,12,16,20-21H,11,13-14H2,1-2H3,(H,37,39)(H3,33,34,35,36)/b18-10+/t20-,21+. The van der Waals surface area contributed by atoms with Crippen LogP contribution in [0.4, 0.5) is 24.8 Å². The summed E-state index contributed by atoms with van der Waals surface area (Å²) in [5.41, 5.74) is 6.71. The fourth-order valence-corrected chi connectivity index (χ4v) is 4.13. The van der Waals surface area contributed by atoms with E-state index in [9.17, 15) is 23.2 Å². The molecular weight excluding hydrogens is 523 g/mol. The zero-order chi connectivity index (χ0) is 28.9. The normalized spacial score (nSPS) is 17.1. The lowest BCUT2D eigenvalue weighted by Gasteiger charge is -2.37. The summed E-state index contributed by atoms with van der Waals surface area (Å²) in [5, 5.41) is 15.5. The molecule has 0 atom stereocenters. The van der Waals surface area contributed by atoms with Crippen molar-refractivity contribution in [2.45, 2.75) is 31.1 Å². The second kappa shape index (κ2) is 12.0. The van der Waals surface area contributed by atoms with Crippen LogP contribution >= 0.6 is 0 Å². The summed E-state index contributed by atoms with van der Waals surface area (Å²) >= 11 is 0. The Morgan fingerprint density at radius 2 is 1.88 bits per heavy atom. The van der Waals surface area contributed by atoms with Gasteiger partial charge in [0.05, 0.1) is 11.1 Å². The molecule has 2 aromatic carbocycles. The van der Waals surface area contributed by atoms with E-state index in [1.165, 1.54) is 18.5 Å². The van der Waals surface area contributed by atoms with E-state index in [1.807, 2.05) is 25.1 Å². The van der Waals surface area contributed by atoms with Crippen molar-refractivity contribution < 1.29 is 22.7 Å². The number of amides is 1. The number of rotatable bonds is 9. The Bertz CT molecular complexity index is 1430. The molecule has 1 amide bonds. The molecule has 0 spiro atoms. The van der Waals surface area contributed by atoms with Gasteiger partial charge in [0.25, 0.3) is 5.91 Å². The van der Waals surface area contributed by atoms with Gasteiger partial charge in [-0.2, -0.15) is 18.4 Å². The van der Waals surface area contributed by atoms with Crippen molar-refractivity contribution in [2.24, 2.45) is 0 Å². The molecule has 3 aromatic rings. The number of halogens is 3. The summed E-state index contributed by atoms with van der Waals surface area (Å²) in [6.45, 7) is 0.488. The van der Waals surface area contributed by atoms with E-state index in [1.54, 1.807) is 30.3 Å². The summed E-state index contributed by atoms with van der Waals surface area (Å²) in [4.78, 5) is 22.7. The molecule has 1 aliphatic carbocycles. The number of hydrogen-bond acceptors (Lipinski definition) is 8. The van der Waals surface area contributed by atoms with E-state index in [-0.39, 0.29) is 29.2 Å². The lowest BCUT2D eigenvalue weighted by molar-refractivity contribution is -0.137. The monoisotopic (exact) mass is 551 g/mol. The number of likely N-dealkylation sites (N-methyl/N-ethyl adjacent to an activating group) is 1. The van der Waals surface area contributed by atoms with Crippen LogP contribution in [0.2, 0.25) is 0 Å². The number of carbonyl (C=O) groups is 1. The maximum Gasteiger partial charge on any atom is 0.416 e. The minimum absolute atomic E-state index is 0.0122. The number of ether oxygens (including phenoxy) is 1. The third-order valence-corrected chi connectivity index (χ3v) is 6.26. The van der Waals surface area contributed by atoms with Gasteiger partial charge in [0.1, 0.15) is 41.1 Å². The molecule has 0 saturated heterocycles. The molecular formula is C28H28F3N7O2. The molecule has 0 radical (unpaired) electrons. The smallest absolute Gasteiger partial charge is 0.416 e. The van der Waals surface area contributed by atoms with Gasteiger partial charge in [-0.1, -0.05) is 18.2 Å². The highest BCUT2D eigenvalue weighted by Crippen LogP contribution is 2.36. The molecule has 40 heavy (non-hydrogen) atoms. The van der Waals surface area contributed by atoms with Gasteiger partial charge in [0.2, 0.25) is 0 Å². The van der Waals surface area contributed by atoms with Gasteiger partial charge in [-0.25, -0.2) is 9.97 Å². The summed E-state index contributed by atoms with van der Waals surface area (Å²) in [7, 11) is 3.70. The molecule has 208 valence electrons. The summed E-state index contributed by atoms with van der Waals surface area (Å²) in [6.07, 6.45) is -0.267. The highest BCUT2D eigenvalue weighted by Gasteiger charge is 2.32. The predicted molar refractivity (Wildman–Crippen MR) is 144 cm³/mol. The fourth-order valence-electron chi connectivity index (χ4n) is 4.13. The maximum atomic E-state index is 13.0. The van der Waals surface area contributed by atoms with Crippen molar-refractivity contribution in [3.8, 4) is 28.7 Å². The molecule has 12 heteroatoms. The molecule has 9 nitrogen and oxygen atoms in total. The second-order valence-corrected chi connectivity index (χ2v) is 9.61. The average molecular weight is 552 g/mol. The number of nitrogens with one attached hydrogen (secondary N) is 2. The molecule has 1 heterocycles. The maximum absolute atomic E-state index is 13.0. The largest absolute Gasteiger partial charge is 0.457 e. The van der Waals surface area contributed by atoms with Gasteiger partial charge in [-0.05, 0) is 68.9 Å². The zero-order valence-corrected chi connectivity index (χ0v) is 21.9. The van der Waals surface area contributed by atoms with E-state index >= 15 is 0 Å². The molecule has 0 bridgehead atoms. The van der Waals surface area contributed by atoms with E-state index in [0.29, 0.717) is 42.1 Å². The number of alkyl halides is 3. The van der Waals surface area contributed by atoms with E-state index < -0.39 is 17.6 Å². The zero-order valence-electron chi connectivity index (χ0n) is 21.9. The number of anilines is 2. The quantitative estimate of drug-likeness (QED) is 0.260. The average Bonchev–Trinajstić information content (AvgIpc) is 2.88. The lowest BCUT2D eigenvalue weighted by atomic mass is 9.86. The van der Waals surface area contributed by atoms with Gasteiger partial charge >= 0.3 is 6.18 Å². The first-order valence-corrected chi connectivity index (χ1v) is 12.4. The topological polar surface area (TPSA) is 129 Å². The van der Waals surface area contributed by atoms with Crippen LogP contribution in [0.1, 0.15) is 18.4 Å².